The Morgan fingerprint density at radius 1 is 1.32 bits per heavy atom. The van der Waals surface area contributed by atoms with Crippen LogP contribution in [-0.4, -0.2) is 57.1 Å². The smallest absolute Gasteiger partial charge is 0.317 e. The number of amides is 2. The van der Waals surface area contributed by atoms with Gasteiger partial charge in [-0.3, -0.25) is 4.79 Å². The van der Waals surface area contributed by atoms with Crippen molar-refractivity contribution in [2.45, 2.75) is 17.6 Å². The first-order chi connectivity index (χ1) is 10.2. The summed E-state index contributed by atoms with van der Waals surface area (Å²) in [6, 6.07) is 2.80. The number of carboxylic acid groups (broad SMARTS) is 1. The van der Waals surface area contributed by atoms with E-state index >= 15 is 0 Å². The van der Waals surface area contributed by atoms with E-state index in [0.29, 0.717) is 0 Å². The van der Waals surface area contributed by atoms with Crippen LogP contribution in [0.2, 0.25) is 0 Å². The Kier molecular flexibility index (Phi) is 6.78. The van der Waals surface area contributed by atoms with Gasteiger partial charge in [0.15, 0.2) is 0 Å². The average Bonchev–Trinajstić information content (AvgIpc) is 2.88. The molecule has 22 heavy (non-hydrogen) atoms. The molecule has 0 atom stereocenters. The lowest BCUT2D eigenvalue weighted by atomic mass is 10.4. The summed E-state index contributed by atoms with van der Waals surface area (Å²) >= 11 is 1.17. The second-order valence-electron chi connectivity index (χ2n) is 4.56. The summed E-state index contributed by atoms with van der Waals surface area (Å²) in [4.78, 5) is 24.1. The molecule has 8 nitrogen and oxygen atoms in total. The fourth-order valence-corrected chi connectivity index (χ4v) is 3.84. The number of nitrogens with one attached hydrogen (secondary N) is 2. The van der Waals surface area contributed by atoms with E-state index in [1.165, 1.54) is 29.4 Å². The first kappa shape index (κ1) is 18.4. The fraction of sp³-hybridized carbons (Fsp3) is 0.500. The summed E-state index contributed by atoms with van der Waals surface area (Å²) < 4.78 is 26.4. The Hall–Kier alpha value is -1.65. The van der Waals surface area contributed by atoms with Crippen molar-refractivity contribution in [2.24, 2.45) is 0 Å². The molecule has 0 aromatic carbocycles. The van der Waals surface area contributed by atoms with Gasteiger partial charge in [-0.25, -0.2) is 17.9 Å². The van der Waals surface area contributed by atoms with Crippen LogP contribution in [0.3, 0.4) is 0 Å². The molecular weight excluding hydrogens is 330 g/mol. The van der Waals surface area contributed by atoms with E-state index in [1.807, 2.05) is 6.92 Å². The van der Waals surface area contributed by atoms with Gasteiger partial charge in [0.1, 0.15) is 4.21 Å². The van der Waals surface area contributed by atoms with Crippen molar-refractivity contribution in [3.05, 3.63) is 17.0 Å². The molecule has 10 heteroatoms. The maximum absolute atomic E-state index is 11.9. The van der Waals surface area contributed by atoms with E-state index in [0.717, 1.165) is 4.88 Å². The largest absolute Gasteiger partial charge is 0.481 e. The van der Waals surface area contributed by atoms with Crippen LogP contribution in [0.4, 0.5) is 4.79 Å². The number of thiophene rings is 1. The third-order valence-corrected chi connectivity index (χ3v) is 5.64. The van der Waals surface area contributed by atoms with Crippen LogP contribution >= 0.6 is 11.3 Å². The molecule has 124 valence electrons. The third-order valence-electron chi connectivity index (χ3n) is 2.68. The predicted octanol–water partition coefficient (Wildman–Crippen LogP) is 0.451. The molecule has 0 unspecified atom stereocenters. The van der Waals surface area contributed by atoms with Crippen molar-refractivity contribution < 1.29 is 23.1 Å². The van der Waals surface area contributed by atoms with Gasteiger partial charge >= 0.3 is 12.0 Å². The van der Waals surface area contributed by atoms with Crippen molar-refractivity contribution in [3.63, 3.8) is 0 Å². The van der Waals surface area contributed by atoms with E-state index in [2.05, 4.69) is 10.0 Å². The fourth-order valence-electron chi connectivity index (χ4n) is 1.48. The van der Waals surface area contributed by atoms with Gasteiger partial charge in [-0.1, -0.05) is 0 Å². The molecule has 0 fully saturated rings. The molecule has 1 aromatic rings. The molecule has 0 aliphatic carbocycles. The lowest BCUT2D eigenvalue weighted by Gasteiger charge is -2.16. The molecule has 0 radical (unpaired) electrons. The quantitative estimate of drug-likeness (QED) is 0.589. The first-order valence-corrected chi connectivity index (χ1v) is 8.79. The van der Waals surface area contributed by atoms with Crippen LogP contribution < -0.4 is 10.0 Å². The lowest BCUT2D eigenvalue weighted by molar-refractivity contribution is -0.137. The normalized spacial score (nSPS) is 11.2. The van der Waals surface area contributed by atoms with Gasteiger partial charge in [-0.15, -0.1) is 11.3 Å². The van der Waals surface area contributed by atoms with Gasteiger partial charge in [0, 0.05) is 31.6 Å². The van der Waals surface area contributed by atoms with Crippen LogP contribution in [0, 0.1) is 6.92 Å². The van der Waals surface area contributed by atoms with Crippen LogP contribution in [0.5, 0.6) is 0 Å². The highest BCUT2D eigenvalue weighted by molar-refractivity contribution is 7.91. The maximum Gasteiger partial charge on any atom is 0.317 e. The Morgan fingerprint density at radius 3 is 2.55 bits per heavy atom. The molecule has 0 aliphatic heterocycles. The van der Waals surface area contributed by atoms with E-state index in [-0.39, 0.29) is 30.3 Å². The van der Waals surface area contributed by atoms with E-state index in [9.17, 15) is 18.0 Å². The number of carboxylic acids is 1. The number of sulfonamides is 1. The van der Waals surface area contributed by atoms with Gasteiger partial charge < -0.3 is 15.3 Å². The monoisotopic (exact) mass is 349 g/mol. The minimum absolute atomic E-state index is 0.0534. The summed E-state index contributed by atoms with van der Waals surface area (Å²) in [6.07, 6.45) is -0.145. The number of aryl methyl sites for hydroxylation is 1. The maximum atomic E-state index is 11.9. The summed E-state index contributed by atoms with van der Waals surface area (Å²) in [7, 11) is -2.08. The van der Waals surface area contributed by atoms with Crippen molar-refractivity contribution in [1.29, 1.82) is 0 Å². The first-order valence-electron chi connectivity index (χ1n) is 6.49. The number of rotatable bonds is 8. The van der Waals surface area contributed by atoms with E-state index in [1.54, 1.807) is 6.07 Å². The van der Waals surface area contributed by atoms with Crippen molar-refractivity contribution in [2.75, 3.05) is 26.7 Å². The summed E-state index contributed by atoms with van der Waals surface area (Å²) in [5, 5.41) is 11.0. The van der Waals surface area contributed by atoms with Crippen LogP contribution in [0.15, 0.2) is 16.3 Å². The van der Waals surface area contributed by atoms with E-state index in [4.69, 9.17) is 5.11 Å². The number of aliphatic carboxylic acids is 1. The number of urea groups is 1. The second-order valence-corrected chi connectivity index (χ2v) is 7.84. The molecule has 2 amide bonds. The number of carbonyl (C=O) groups excluding carboxylic acids is 1. The van der Waals surface area contributed by atoms with Gasteiger partial charge in [0.25, 0.3) is 0 Å². The molecule has 0 bridgehead atoms. The summed E-state index contributed by atoms with van der Waals surface area (Å²) in [6.45, 7) is 2.07. The molecule has 1 rings (SSSR count). The molecule has 1 aromatic heterocycles. The highest BCUT2D eigenvalue weighted by Crippen LogP contribution is 2.19. The summed E-state index contributed by atoms with van der Waals surface area (Å²) in [5.74, 6) is -0.987. The topological polar surface area (TPSA) is 116 Å². The van der Waals surface area contributed by atoms with Crippen LogP contribution in [0.1, 0.15) is 11.3 Å². The third kappa shape index (κ3) is 6.00. The van der Waals surface area contributed by atoms with Crippen molar-refractivity contribution in [3.8, 4) is 0 Å². The SMILES string of the molecule is Cc1ccc(S(=O)(=O)NCCNC(=O)N(C)CCC(=O)O)s1. The van der Waals surface area contributed by atoms with Gasteiger partial charge in [-0.2, -0.15) is 0 Å². The van der Waals surface area contributed by atoms with Crippen molar-refractivity contribution in [1.82, 2.24) is 14.9 Å². The highest BCUT2D eigenvalue weighted by Gasteiger charge is 2.15. The molecule has 0 aliphatic rings. The Labute approximate surface area is 133 Å². The van der Waals surface area contributed by atoms with Gasteiger partial charge in [0.2, 0.25) is 10.0 Å². The predicted molar refractivity (Wildman–Crippen MR) is 82.5 cm³/mol. The van der Waals surface area contributed by atoms with Crippen LogP contribution in [0.25, 0.3) is 0 Å². The van der Waals surface area contributed by atoms with Crippen molar-refractivity contribution >= 4 is 33.4 Å². The minimum atomic E-state index is -3.55. The lowest BCUT2D eigenvalue weighted by Crippen LogP contribution is -2.41. The molecule has 3 N–H and O–H groups in total. The van der Waals surface area contributed by atoms with Gasteiger partial charge in [0.05, 0.1) is 6.42 Å². The zero-order chi connectivity index (χ0) is 16.8. The summed E-state index contributed by atoms with van der Waals surface area (Å²) in [5.41, 5.74) is 0. The molecule has 0 saturated heterocycles. The Bertz CT molecular complexity index is 626. The van der Waals surface area contributed by atoms with E-state index < -0.39 is 22.0 Å². The Morgan fingerprint density at radius 2 is 2.00 bits per heavy atom. The number of carbonyl (C=O) groups is 2. The Balaban J connectivity index is 2.33. The molecular formula is C12H19N3O5S2. The minimum Gasteiger partial charge on any atom is -0.481 e. The number of hydrogen-bond acceptors (Lipinski definition) is 5. The molecule has 0 spiro atoms. The number of nitrogens with zero attached hydrogens (tertiary/aromatic N) is 1. The zero-order valence-corrected chi connectivity index (χ0v) is 14.0. The standard InChI is InChI=1S/C12H19N3O5S2/c1-9-3-4-11(21-9)22(19,20)14-7-6-13-12(18)15(2)8-5-10(16)17/h3-4,14H,5-8H2,1-2H3,(H,13,18)(H,16,17). The van der Waals surface area contributed by atoms with Gasteiger partial charge in [-0.05, 0) is 19.1 Å². The molecule has 0 saturated carbocycles. The second kappa shape index (κ2) is 8.11. The highest BCUT2D eigenvalue weighted by atomic mass is 32.2. The average molecular weight is 349 g/mol. The molecule has 1 heterocycles. The van der Waals surface area contributed by atoms with Crippen LogP contribution in [-0.2, 0) is 14.8 Å². The zero-order valence-electron chi connectivity index (χ0n) is 12.3. The number of hydrogen-bond donors (Lipinski definition) is 3.